The highest BCUT2D eigenvalue weighted by molar-refractivity contribution is 4.96. The van der Waals surface area contributed by atoms with Crippen molar-refractivity contribution < 1.29 is 4.74 Å². The number of rotatable bonds is 5. The fourth-order valence-corrected chi connectivity index (χ4v) is 3.24. The number of nitrogens with zero attached hydrogens (tertiary/aromatic N) is 1. The molecule has 0 aromatic rings. The lowest BCUT2D eigenvalue weighted by Gasteiger charge is -2.49. The average molecular weight is 240 g/mol. The van der Waals surface area contributed by atoms with Gasteiger partial charge in [0.05, 0.1) is 5.60 Å². The summed E-state index contributed by atoms with van der Waals surface area (Å²) in [6, 6.07) is 0.725. The summed E-state index contributed by atoms with van der Waals surface area (Å²) in [6.45, 7) is 8.56. The summed E-state index contributed by atoms with van der Waals surface area (Å²) in [5.41, 5.74) is 6.01. The molecule has 2 unspecified atom stereocenters. The maximum Gasteiger partial charge on any atom is 0.0697 e. The van der Waals surface area contributed by atoms with Crippen LogP contribution in [0.25, 0.3) is 0 Å². The van der Waals surface area contributed by atoms with Gasteiger partial charge in [0.2, 0.25) is 0 Å². The molecule has 2 aliphatic rings. The molecule has 0 radical (unpaired) electrons. The molecule has 3 nitrogen and oxygen atoms in total. The molecular formula is C14H28N2O. The van der Waals surface area contributed by atoms with Gasteiger partial charge in [0, 0.05) is 19.2 Å². The second-order valence-electron chi connectivity index (χ2n) is 5.96. The lowest BCUT2D eigenvalue weighted by Crippen LogP contribution is -2.53. The molecule has 17 heavy (non-hydrogen) atoms. The van der Waals surface area contributed by atoms with E-state index in [4.69, 9.17) is 10.5 Å². The highest BCUT2D eigenvalue weighted by Gasteiger charge is 2.43. The zero-order valence-corrected chi connectivity index (χ0v) is 11.5. The molecule has 100 valence electrons. The molecule has 1 aliphatic heterocycles. The third kappa shape index (κ3) is 3.01. The van der Waals surface area contributed by atoms with E-state index in [1.165, 1.54) is 32.1 Å². The number of hydrogen-bond donors (Lipinski definition) is 1. The Labute approximate surface area is 106 Å². The molecule has 0 bridgehead atoms. The van der Waals surface area contributed by atoms with E-state index < -0.39 is 0 Å². The van der Waals surface area contributed by atoms with Crippen molar-refractivity contribution in [3.05, 3.63) is 0 Å². The van der Waals surface area contributed by atoms with Gasteiger partial charge in [-0.3, -0.25) is 0 Å². The van der Waals surface area contributed by atoms with Crippen molar-refractivity contribution in [1.29, 1.82) is 0 Å². The fourth-order valence-electron chi connectivity index (χ4n) is 3.24. The number of ether oxygens (including phenoxy) is 1. The van der Waals surface area contributed by atoms with Gasteiger partial charge < -0.3 is 15.4 Å². The minimum Gasteiger partial charge on any atom is -0.375 e. The largest absolute Gasteiger partial charge is 0.375 e. The lowest BCUT2D eigenvalue weighted by atomic mass is 9.73. The minimum absolute atomic E-state index is 0.266. The Morgan fingerprint density at radius 1 is 1.47 bits per heavy atom. The fraction of sp³-hybridized carbons (Fsp3) is 1.00. The van der Waals surface area contributed by atoms with Crippen LogP contribution in [0.1, 0.15) is 46.0 Å². The van der Waals surface area contributed by atoms with Crippen molar-refractivity contribution in [2.24, 2.45) is 11.7 Å². The molecule has 2 atom stereocenters. The molecule has 1 aliphatic carbocycles. The lowest BCUT2D eigenvalue weighted by molar-refractivity contribution is -0.149. The van der Waals surface area contributed by atoms with Crippen LogP contribution in [-0.4, -0.2) is 42.8 Å². The van der Waals surface area contributed by atoms with Crippen LogP contribution in [0.15, 0.2) is 0 Å². The molecule has 2 rings (SSSR count). The first-order chi connectivity index (χ1) is 8.19. The van der Waals surface area contributed by atoms with E-state index in [-0.39, 0.29) is 5.60 Å². The van der Waals surface area contributed by atoms with Gasteiger partial charge in [-0.2, -0.15) is 0 Å². The van der Waals surface area contributed by atoms with Crippen molar-refractivity contribution >= 4 is 0 Å². The number of nitrogens with two attached hydrogens (primary N) is 1. The van der Waals surface area contributed by atoms with Crippen LogP contribution in [0.4, 0.5) is 0 Å². The van der Waals surface area contributed by atoms with Crippen LogP contribution in [0.5, 0.6) is 0 Å². The topological polar surface area (TPSA) is 38.5 Å². The van der Waals surface area contributed by atoms with Crippen molar-refractivity contribution in [3.63, 3.8) is 0 Å². The van der Waals surface area contributed by atoms with Crippen LogP contribution in [0, 0.1) is 5.92 Å². The predicted molar refractivity (Wildman–Crippen MR) is 71.0 cm³/mol. The highest BCUT2D eigenvalue weighted by Crippen LogP contribution is 2.43. The standard InChI is InChI=1S/C14H28N2O/c1-3-16(11-12(2)10-15)13-5-8-17-14(9-13)6-4-7-14/h12-13H,3-11,15H2,1-2H3. The van der Waals surface area contributed by atoms with Gasteiger partial charge in [-0.1, -0.05) is 13.8 Å². The minimum atomic E-state index is 0.266. The normalized spacial score (nSPS) is 29.3. The quantitative estimate of drug-likeness (QED) is 0.799. The number of hydrogen-bond acceptors (Lipinski definition) is 3. The van der Waals surface area contributed by atoms with Gasteiger partial charge in [-0.25, -0.2) is 0 Å². The summed E-state index contributed by atoms with van der Waals surface area (Å²) in [5, 5.41) is 0. The molecule has 3 heteroatoms. The summed E-state index contributed by atoms with van der Waals surface area (Å²) in [7, 11) is 0. The highest BCUT2D eigenvalue weighted by atomic mass is 16.5. The molecular weight excluding hydrogens is 212 g/mol. The summed E-state index contributed by atoms with van der Waals surface area (Å²) in [6.07, 6.45) is 6.38. The Kier molecular flexibility index (Phi) is 4.45. The van der Waals surface area contributed by atoms with Crippen LogP contribution in [0.2, 0.25) is 0 Å². The van der Waals surface area contributed by atoms with Crippen LogP contribution >= 0.6 is 0 Å². The first-order valence-corrected chi connectivity index (χ1v) is 7.27. The zero-order valence-electron chi connectivity index (χ0n) is 11.5. The van der Waals surface area contributed by atoms with E-state index in [0.717, 1.165) is 32.3 Å². The molecule has 0 aromatic heterocycles. The first kappa shape index (κ1) is 13.3. The van der Waals surface area contributed by atoms with Crippen LogP contribution in [-0.2, 0) is 4.74 Å². The van der Waals surface area contributed by atoms with E-state index in [1.54, 1.807) is 0 Å². The Bertz CT molecular complexity index is 240. The van der Waals surface area contributed by atoms with E-state index >= 15 is 0 Å². The molecule has 0 aromatic carbocycles. The van der Waals surface area contributed by atoms with Crippen molar-refractivity contribution in [1.82, 2.24) is 4.90 Å². The average Bonchev–Trinajstić information content (AvgIpc) is 2.33. The van der Waals surface area contributed by atoms with E-state index in [0.29, 0.717) is 5.92 Å². The smallest absolute Gasteiger partial charge is 0.0697 e. The maximum atomic E-state index is 6.01. The maximum absolute atomic E-state index is 6.01. The van der Waals surface area contributed by atoms with Gasteiger partial charge >= 0.3 is 0 Å². The van der Waals surface area contributed by atoms with Crippen molar-refractivity contribution in [2.75, 3.05) is 26.2 Å². The summed E-state index contributed by atoms with van der Waals surface area (Å²) in [4.78, 5) is 2.63. The van der Waals surface area contributed by atoms with E-state index in [2.05, 4.69) is 18.7 Å². The molecule has 0 amide bonds. The van der Waals surface area contributed by atoms with Crippen molar-refractivity contribution in [2.45, 2.75) is 57.6 Å². The van der Waals surface area contributed by atoms with Gasteiger partial charge in [-0.15, -0.1) is 0 Å². The summed E-state index contributed by atoms with van der Waals surface area (Å²) in [5.74, 6) is 0.607. The Hall–Kier alpha value is -0.120. The Morgan fingerprint density at radius 3 is 2.76 bits per heavy atom. The SMILES string of the molecule is CCN(CC(C)CN)C1CCOC2(CCC2)C1. The van der Waals surface area contributed by atoms with E-state index in [1.807, 2.05) is 0 Å². The molecule has 1 saturated heterocycles. The van der Waals surface area contributed by atoms with Gasteiger partial charge in [0.1, 0.15) is 0 Å². The Morgan fingerprint density at radius 2 is 2.24 bits per heavy atom. The molecule has 2 fully saturated rings. The molecule has 1 spiro atoms. The first-order valence-electron chi connectivity index (χ1n) is 7.27. The van der Waals surface area contributed by atoms with Crippen LogP contribution in [0.3, 0.4) is 0 Å². The predicted octanol–water partition coefficient (Wildman–Crippen LogP) is 2.00. The summed E-state index contributed by atoms with van der Waals surface area (Å²) >= 11 is 0. The summed E-state index contributed by atoms with van der Waals surface area (Å²) < 4.78 is 6.01. The third-order valence-corrected chi connectivity index (χ3v) is 4.60. The van der Waals surface area contributed by atoms with Crippen LogP contribution < -0.4 is 5.73 Å². The zero-order chi connectivity index (χ0) is 12.3. The third-order valence-electron chi connectivity index (χ3n) is 4.60. The molecule has 1 heterocycles. The van der Waals surface area contributed by atoms with Gasteiger partial charge in [-0.05, 0) is 51.1 Å². The monoisotopic (exact) mass is 240 g/mol. The Balaban J connectivity index is 1.89. The van der Waals surface area contributed by atoms with Gasteiger partial charge in [0.15, 0.2) is 0 Å². The molecule has 2 N–H and O–H groups in total. The van der Waals surface area contributed by atoms with Crippen molar-refractivity contribution in [3.8, 4) is 0 Å². The second-order valence-corrected chi connectivity index (χ2v) is 5.96. The second kappa shape index (κ2) is 5.68. The molecule has 1 saturated carbocycles. The van der Waals surface area contributed by atoms with E-state index in [9.17, 15) is 0 Å². The van der Waals surface area contributed by atoms with Gasteiger partial charge in [0.25, 0.3) is 0 Å².